The average molecular weight is 187 g/mol. The Hall–Kier alpha value is -0.730. The molecular weight excluding hydrogens is 176 g/mol. The summed E-state index contributed by atoms with van der Waals surface area (Å²) in [5, 5.41) is 8.92. The standard InChI is InChI=1S/C9H11ClO2/c1-6(2)7-4-3-5-8(12-11)9(7)10/h3-6,11H,1-2H3. The van der Waals surface area contributed by atoms with Gasteiger partial charge in [0.25, 0.3) is 0 Å². The fourth-order valence-corrected chi connectivity index (χ4v) is 1.42. The smallest absolute Gasteiger partial charge is 0.183 e. The molecule has 1 aromatic rings. The zero-order chi connectivity index (χ0) is 9.14. The van der Waals surface area contributed by atoms with Crippen molar-refractivity contribution in [3.05, 3.63) is 28.8 Å². The van der Waals surface area contributed by atoms with Gasteiger partial charge in [0.1, 0.15) is 0 Å². The van der Waals surface area contributed by atoms with Gasteiger partial charge in [0.05, 0.1) is 5.02 Å². The highest BCUT2D eigenvalue weighted by molar-refractivity contribution is 6.32. The second-order valence-corrected chi connectivity index (χ2v) is 3.28. The molecule has 0 aliphatic carbocycles. The van der Waals surface area contributed by atoms with Gasteiger partial charge in [0.2, 0.25) is 0 Å². The molecule has 1 rings (SSSR count). The topological polar surface area (TPSA) is 29.5 Å². The highest BCUT2D eigenvalue weighted by Crippen LogP contribution is 2.31. The van der Waals surface area contributed by atoms with E-state index in [9.17, 15) is 0 Å². The Morgan fingerprint density at radius 1 is 1.42 bits per heavy atom. The summed E-state index contributed by atoms with van der Waals surface area (Å²) in [5.74, 6) is 0.635. The second kappa shape index (κ2) is 3.78. The Bertz CT molecular complexity index is 271. The average Bonchev–Trinajstić information content (AvgIpc) is 2.04. The summed E-state index contributed by atoms with van der Waals surface area (Å²) in [7, 11) is 0. The molecule has 0 bridgehead atoms. The van der Waals surface area contributed by atoms with E-state index >= 15 is 0 Å². The van der Waals surface area contributed by atoms with E-state index in [1.807, 2.05) is 19.9 Å². The molecule has 0 aliphatic heterocycles. The first-order valence-corrected chi connectivity index (χ1v) is 4.14. The van der Waals surface area contributed by atoms with E-state index in [1.165, 1.54) is 0 Å². The predicted octanol–water partition coefficient (Wildman–Crippen LogP) is 3.32. The van der Waals surface area contributed by atoms with E-state index in [-0.39, 0.29) is 0 Å². The minimum Gasteiger partial charge on any atom is -0.339 e. The molecule has 2 nitrogen and oxygen atoms in total. The predicted molar refractivity (Wildman–Crippen MR) is 48.8 cm³/mol. The Kier molecular flexibility index (Phi) is 2.95. The lowest BCUT2D eigenvalue weighted by atomic mass is 10.0. The van der Waals surface area contributed by atoms with E-state index in [2.05, 4.69) is 4.89 Å². The van der Waals surface area contributed by atoms with Crippen LogP contribution >= 0.6 is 11.6 Å². The summed E-state index contributed by atoms with van der Waals surface area (Å²) in [4.78, 5) is 4.10. The fraction of sp³-hybridized carbons (Fsp3) is 0.333. The SMILES string of the molecule is CC(C)c1cccc(OO)c1Cl. The minimum atomic E-state index is 0.308. The molecule has 0 heterocycles. The van der Waals surface area contributed by atoms with Crippen LogP contribution in [0.2, 0.25) is 5.02 Å². The van der Waals surface area contributed by atoms with Crippen LogP contribution in [0.25, 0.3) is 0 Å². The molecule has 0 radical (unpaired) electrons. The molecule has 1 N–H and O–H groups in total. The van der Waals surface area contributed by atoms with Gasteiger partial charge in [-0.25, -0.2) is 5.26 Å². The minimum absolute atomic E-state index is 0.308. The van der Waals surface area contributed by atoms with Crippen LogP contribution in [0.4, 0.5) is 0 Å². The molecule has 0 saturated carbocycles. The molecular formula is C9H11ClO2. The molecule has 1 aromatic carbocycles. The van der Waals surface area contributed by atoms with Crippen LogP contribution in [0.5, 0.6) is 5.75 Å². The summed E-state index contributed by atoms with van der Waals surface area (Å²) in [6, 6.07) is 5.33. The van der Waals surface area contributed by atoms with Crippen molar-refractivity contribution in [1.82, 2.24) is 0 Å². The van der Waals surface area contributed by atoms with Crippen LogP contribution in [0.3, 0.4) is 0 Å². The largest absolute Gasteiger partial charge is 0.339 e. The third-order valence-electron chi connectivity index (χ3n) is 1.71. The zero-order valence-electron chi connectivity index (χ0n) is 7.04. The van der Waals surface area contributed by atoms with Gasteiger partial charge in [-0.1, -0.05) is 37.6 Å². The maximum absolute atomic E-state index is 8.44. The van der Waals surface area contributed by atoms with Crippen molar-refractivity contribution in [2.45, 2.75) is 19.8 Å². The van der Waals surface area contributed by atoms with Crippen molar-refractivity contribution in [3.63, 3.8) is 0 Å². The molecule has 0 saturated heterocycles. The first kappa shape index (κ1) is 9.36. The normalized spacial score (nSPS) is 10.4. The molecule has 66 valence electrons. The maximum atomic E-state index is 8.44. The van der Waals surface area contributed by atoms with Gasteiger partial charge in [-0.15, -0.1) is 0 Å². The van der Waals surface area contributed by atoms with Gasteiger partial charge in [-0.3, -0.25) is 0 Å². The van der Waals surface area contributed by atoms with Crippen molar-refractivity contribution in [2.24, 2.45) is 0 Å². The lowest BCUT2D eigenvalue weighted by molar-refractivity contribution is -0.137. The van der Waals surface area contributed by atoms with Crippen LogP contribution in [0.15, 0.2) is 18.2 Å². The highest BCUT2D eigenvalue weighted by atomic mass is 35.5. The Labute approximate surface area is 76.7 Å². The number of halogens is 1. The summed E-state index contributed by atoms with van der Waals surface area (Å²) in [6.45, 7) is 4.06. The summed E-state index contributed by atoms with van der Waals surface area (Å²) in [6.07, 6.45) is 0. The van der Waals surface area contributed by atoms with E-state index in [4.69, 9.17) is 16.9 Å². The molecule has 12 heavy (non-hydrogen) atoms. The number of benzene rings is 1. The van der Waals surface area contributed by atoms with Gasteiger partial charge < -0.3 is 4.89 Å². The van der Waals surface area contributed by atoms with Crippen molar-refractivity contribution >= 4 is 11.6 Å². The molecule has 0 aromatic heterocycles. The molecule has 0 fully saturated rings. The Balaban J connectivity index is 3.14. The molecule has 0 spiro atoms. The van der Waals surface area contributed by atoms with Crippen LogP contribution in [0, 0.1) is 0 Å². The molecule has 0 unspecified atom stereocenters. The quantitative estimate of drug-likeness (QED) is 0.567. The monoisotopic (exact) mass is 186 g/mol. The summed E-state index contributed by atoms with van der Waals surface area (Å²) >= 11 is 5.92. The molecule has 0 amide bonds. The fourth-order valence-electron chi connectivity index (χ4n) is 1.04. The van der Waals surface area contributed by atoms with Crippen LogP contribution < -0.4 is 4.89 Å². The van der Waals surface area contributed by atoms with Crippen LogP contribution in [0.1, 0.15) is 25.3 Å². The van der Waals surface area contributed by atoms with Crippen LogP contribution in [-0.2, 0) is 0 Å². The van der Waals surface area contributed by atoms with Crippen molar-refractivity contribution < 1.29 is 10.1 Å². The van der Waals surface area contributed by atoms with E-state index in [1.54, 1.807) is 12.1 Å². The van der Waals surface area contributed by atoms with Crippen LogP contribution in [-0.4, -0.2) is 5.26 Å². The lowest BCUT2D eigenvalue weighted by Crippen LogP contribution is -1.92. The van der Waals surface area contributed by atoms with E-state index in [0.29, 0.717) is 16.7 Å². The van der Waals surface area contributed by atoms with Gasteiger partial charge >= 0.3 is 0 Å². The lowest BCUT2D eigenvalue weighted by Gasteiger charge is -2.09. The maximum Gasteiger partial charge on any atom is 0.183 e. The van der Waals surface area contributed by atoms with Gasteiger partial charge in [0, 0.05) is 0 Å². The number of hydrogen-bond acceptors (Lipinski definition) is 2. The number of rotatable bonds is 2. The zero-order valence-corrected chi connectivity index (χ0v) is 7.80. The highest BCUT2D eigenvalue weighted by Gasteiger charge is 2.09. The third-order valence-corrected chi connectivity index (χ3v) is 2.12. The van der Waals surface area contributed by atoms with Crippen molar-refractivity contribution in [1.29, 1.82) is 0 Å². The van der Waals surface area contributed by atoms with Gasteiger partial charge in [-0.05, 0) is 17.5 Å². The van der Waals surface area contributed by atoms with E-state index < -0.39 is 0 Å². The van der Waals surface area contributed by atoms with Gasteiger partial charge in [-0.2, -0.15) is 0 Å². The third kappa shape index (κ3) is 1.71. The summed E-state index contributed by atoms with van der Waals surface area (Å²) < 4.78 is 0. The number of hydrogen-bond donors (Lipinski definition) is 1. The van der Waals surface area contributed by atoms with Crippen molar-refractivity contribution in [3.8, 4) is 5.75 Å². The van der Waals surface area contributed by atoms with Crippen molar-refractivity contribution in [2.75, 3.05) is 0 Å². The first-order valence-electron chi connectivity index (χ1n) is 3.76. The molecule has 0 atom stereocenters. The summed E-state index contributed by atoms with van der Waals surface area (Å²) in [5.41, 5.74) is 0.975. The second-order valence-electron chi connectivity index (χ2n) is 2.91. The Morgan fingerprint density at radius 3 is 2.58 bits per heavy atom. The first-order chi connectivity index (χ1) is 5.66. The Morgan fingerprint density at radius 2 is 2.08 bits per heavy atom. The molecule has 0 aliphatic rings. The van der Waals surface area contributed by atoms with Gasteiger partial charge in [0.15, 0.2) is 5.75 Å². The molecule has 3 heteroatoms. The van der Waals surface area contributed by atoms with E-state index in [0.717, 1.165) is 5.56 Å².